The van der Waals surface area contributed by atoms with Crippen LogP contribution in [0.5, 0.6) is 0 Å². The number of rotatable bonds is 6. The van der Waals surface area contributed by atoms with Gasteiger partial charge in [-0.2, -0.15) is 10.1 Å². The minimum absolute atomic E-state index is 0.184. The third-order valence-electron chi connectivity index (χ3n) is 3.42. The molecule has 21 heavy (non-hydrogen) atoms. The lowest BCUT2D eigenvalue weighted by Gasteiger charge is -2.04. The first-order valence-electron chi connectivity index (χ1n) is 7.29. The normalized spacial score (nSPS) is 14.6. The molecular weight excluding hydrogens is 270 g/mol. The van der Waals surface area contributed by atoms with E-state index in [-0.39, 0.29) is 11.9 Å². The zero-order valence-electron chi connectivity index (χ0n) is 12.2. The van der Waals surface area contributed by atoms with E-state index < -0.39 is 0 Å². The van der Waals surface area contributed by atoms with Gasteiger partial charge in [-0.15, -0.1) is 0 Å². The maximum atomic E-state index is 11.9. The van der Waals surface area contributed by atoms with Crippen molar-refractivity contribution in [2.75, 3.05) is 6.54 Å². The fourth-order valence-electron chi connectivity index (χ4n) is 2.00. The van der Waals surface area contributed by atoms with Crippen molar-refractivity contribution in [1.82, 2.24) is 25.2 Å². The van der Waals surface area contributed by atoms with Crippen molar-refractivity contribution in [3.05, 3.63) is 29.7 Å². The minimum atomic E-state index is -0.184. The lowest BCUT2D eigenvalue weighted by molar-refractivity contribution is 0.0947. The maximum absolute atomic E-state index is 11.9. The summed E-state index contributed by atoms with van der Waals surface area (Å²) < 4.78 is 6.92. The second-order valence-corrected chi connectivity index (χ2v) is 5.60. The second kappa shape index (κ2) is 5.67. The Hall–Kier alpha value is -2.18. The Morgan fingerprint density at radius 3 is 3.00 bits per heavy atom. The molecule has 3 rings (SSSR count). The van der Waals surface area contributed by atoms with Crippen molar-refractivity contribution in [3.8, 4) is 0 Å². The van der Waals surface area contributed by atoms with Gasteiger partial charge in [0, 0.05) is 31.1 Å². The highest BCUT2D eigenvalue weighted by Crippen LogP contribution is 2.38. The molecule has 2 heterocycles. The van der Waals surface area contributed by atoms with Gasteiger partial charge in [0.05, 0.1) is 0 Å². The van der Waals surface area contributed by atoms with Crippen molar-refractivity contribution >= 4 is 5.91 Å². The van der Waals surface area contributed by atoms with Crippen LogP contribution in [0, 0.1) is 0 Å². The van der Waals surface area contributed by atoms with Crippen LogP contribution >= 0.6 is 0 Å². The van der Waals surface area contributed by atoms with Crippen LogP contribution in [0.2, 0.25) is 0 Å². The highest BCUT2D eigenvalue weighted by molar-refractivity contribution is 5.92. The fraction of sp³-hybridized carbons (Fsp3) is 0.571. The summed E-state index contributed by atoms with van der Waals surface area (Å²) in [4.78, 5) is 16.3. The summed E-state index contributed by atoms with van der Waals surface area (Å²) in [5.74, 6) is 1.67. The van der Waals surface area contributed by atoms with Gasteiger partial charge in [-0.1, -0.05) is 5.16 Å². The summed E-state index contributed by atoms with van der Waals surface area (Å²) in [5, 5.41) is 11.0. The van der Waals surface area contributed by atoms with E-state index in [1.807, 2.05) is 13.8 Å². The first kappa shape index (κ1) is 13.8. The van der Waals surface area contributed by atoms with Crippen molar-refractivity contribution in [3.63, 3.8) is 0 Å². The summed E-state index contributed by atoms with van der Waals surface area (Å²) in [6.07, 6.45) is 4.64. The van der Waals surface area contributed by atoms with Crippen LogP contribution in [0.1, 0.15) is 60.9 Å². The molecule has 1 saturated carbocycles. The molecule has 0 saturated heterocycles. The van der Waals surface area contributed by atoms with E-state index in [2.05, 4.69) is 20.6 Å². The van der Waals surface area contributed by atoms with Gasteiger partial charge in [-0.05, 0) is 32.8 Å². The third-order valence-corrected chi connectivity index (χ3v) is 3.42. The van der Waals surface area contributed by atoms with Crippen molar-refractivity contribution < 1.29 is 9.32 Å². The van der Waals surface area contributed by atoms with Gasteiger partial charge >= 0.3 is 0 Å². The molecule has 1 aliphatic rings. The molecule has 0 aromatic carbocycles. The summed E-state index contributed by atoms with van der Waals surface area (Å²) in [6, 6.07) is 1.96. The number of carbonyl (C=O) groups excluding carboxylic acids is 1. The summed E-state index contributed by atoms with van der Waals surface area (Å²) in [6.45, 7) is 4.49. The van der Waals surface area contributed by atoms with Crippen molar-refractivity contribution in [2.45, 2.75) is 45.1 Å². The minimum Gasteiger partial charge on any atom is -0.350 e. The van der Waals surface area contributed by atoms with Crippen LogP contribution in [0.25, 0.3) is 0 Å². The van der Waals surface area contributed by atoms with E-state index in [1.165, 1.54) is 0 Å². The van der Waals surface area contributed by atoms with E-state index in [0.29, 0.717) is 30.5 Å². The Morgan fingerprint density at radius 2 is 2.33 bits per heavy atom. The third kappa shape index (κ3) is 3.29. The van der Waals surface area contributed by atoms with E-state index in [0.717, 1.165) is 18.7 Å². The van der Waals surface area contributed by atoms with Crippen molar-refractivity contribution in [1.29, 1.82) is 0 Å². The zero-order chi connectivity index (χ0) is 14.8. The number of amides is 1. The Kier molecular flexibility index (Phi) is 3.72. The molecule has 0 atom stereocenters. The first-order chi connectivity index (χ1) is 10.1. The molecule has 1 N–H and O–H groups in total. The predicted molar refractivity (Wildman–Crippen MR) is 74.9 cm³/mol. The SMILES string of the molecule is CC(C)n1ccc(C(=O)NCCc2nc(C3CC3)no2)n1. The van der Waals surface area contributed by atoms with Gasteiger partial charge in [-0.25, -0.2) is 0 Å². The highest BCUT2D eigenvalue weighted by atomic mass is 16.5. The molecule has 7 nitrogen and oxygen atoms in total. The van der Waals surface area contributed by atoms with Crippen LogP contribution < -0.4 is 5.32 Å². The van der Waals surface area contributed by atoms with E-state index in [9.17, 15) is 4.79 Å². The molecule has 0 unspecified atom stereocenters. The predicted octanol–water partition coefficient (Wildman–Crippen LogP) is 1.70. The Balaban J connectivity index is 1.48. The summed E-state index contributed by atoms with van der Waals surface area (Å²) in [5.41, 5.74) is 0.424. The zero-order valence-corrected chi connectivity index (χ0v) is 12.2. The molecule has 0 aliphatic heterocycles. The number of carbonyl (C=O) groups is 1. The van der Waals surface area contributed by atoms with Gasteiger partial charge in [0.15, 0.2) is 5.82 Å². The van der Waals surface area contributed by atoms with Gasteiger partial charge in [0.1, 0.15) is 5.69 Å². The largest absolute Gasteiger partial charge is 0.350 e. The average molecular weight is 289 g/mol. The van der Waals surface area contributed by atoms with Crippen LogP contribution in [0.4, 0.5) is 0 Å². The molecule has 0 radical (unpaired) electrons. The molecule has 112 valence electrons. The lowest BCUT2D eigenvalue weighted by atomic mass is 10.3. The number of hydrogen-bond acceptors (Lipinski definition) is 5. The standard InChI is InChI=1S/C14H19N5O2/c1-9(2)19-8-6-11(17-19)14(20)15-7-5-12-16-13(18-21-12)10-3-4-10/h6,8-10H,3-5,7H2,1-2H3,(H,15,20). The van der Waals surface area contributed by atoms with Crippen molar-refractivity contribution in [2.24, 2.45) is 0 Å². The quantitative estimate of drug-likeness (QED) is 0.874. The molecular formula is C14H19N5O2. The van der Waals surface area contributed by atoms with Crippen LogP contribution in [0.15, 0.2) is 16.8 Å². The molecule has 1 amide bonds. The molecule has 1 fully saturated rings. The summed E-state index contributed by atoms with van der Waals surface area (Å²) >= 11 is 0. The highest BCUT2D eigenvalue weighted by Gasteiger charge is 2.28. The molecule has 0 spiro atoms. The van der Waals surface area contributed by atoms with Gasteiger partial charge in [0.25, 0.3) is 5.91 Å². The molecule has 1 aliphatic carbocycles. The Labute approximate surface area is 122 Å². The lowest BCUT2D eigenvalue weighted by Crippen LogP contribution is -2.26. The second-order valence-electron chi connectivity index (χ2n) is 5.60. The molecule has 7 heteroatoms. The smallest absolute Gasteiger partial charge is 0.271 e. The van der Waals surface area contributed by atoms with Gasteiger partial charge in [-0.3, -0.25) is 9.48 Å². The van der Waals surface area contributed by atoms with Crippen LogP contribution in [-0.4, -0.2) is 32.4 Å². The molecule has 2 aromatic heterocycles. The average Bonchev–Trinajstić information content (AvgIpc) is 3.01. The topological polar surface area (TPSA) is 85.8 Å². The number of hydrogen-bond donors (Lipinski definition) is 1. The molecule has 2 aromatic rings. The van der Waals surface area contributed by atoms with Gasteiger partial charge in [0.2, 0.25) is 5.89 Å². The number of nitrogens with one attached hydrogen (secondary N) is 1. The monoisotopic (exact) mass is 289 g/mol. The van der Waals surface area contributed by atoms with E-state index in [4.69, 9.17) is 4.52 Å². The Morgan fingerprint density at radius 1 is 1.52 bits per heavy atom. The number of nitrogens with zero attached hydrogens (tertiary/aromatic N) is 4. The Bertz CT molecular complexity index is 627. The molecule has 0 bridgehead atoms. The van der Waals surface area contributed by atoms with Crippen LogP contribution in [0.3, 0.4) is 0 Å². The number of aromatic nitrogens is 4. The van der Waals surface area contributed by atoms with Crippen LogP contribution in [-0.2, 0) is 6.42 Å². The van der Waals surface area contributed by atoms with E-state index >= 15 is 0 Å². The maximum Gasteiger partial charge on any atom is 0.271 e. The van der Waals surface area contributed by atoms with E-state index in [1.54, 1.807) is 16.9 Å². The fourth-order valence-corrected chi connectivity index (χ4v) is 2.00. The first-order valence-corrected chi connectivity index (χ1v) is 7.29. The summed E-state index contributed by atoms with van der Waals surface area (Å²) in [7, 11) is 0. The van der Waals surface area contributed by atoms with Gasteiger partial charge < -0.3 is 9.84 Å².